The van der Waals surface area contributed by atoms with E-state index in [0.717, 1.165) is 18.6 Å². The number of alkyl halides is 3. The summed E-state index contributed by atoms with van der Waals surface area (Å²) in [6.07, 6.45) is -3.73. The maximum absolute atomic E-state index is 12.9. The summed E-state index contributed by atoms with van der Waals surface area (Å²) in [4.78, 5) is 5.52. The van der Waals surface area contributed by atoms with Crippen molar-refractivity contribution in [1.29, 1.82) is 0 Å². The van der Waals surface area contributed by atoms with Crippen molar-refractivity contribution >= 4 is 11.6 Å². The molecule has 0 spiro atoms. The highest BCUT2D eigenvalue weighted by molar-refractivity contribution is 5.51. The van der Waals surface area contributed by atoms with Crippen molar-refractivity contribution in [3.8, 4) is 0 Å². The number of aliphatic hydroxyl groups is 2. The molecule has 3 N–H and O–H groups in total. The third-order valence-electron chi connectivity index (χ3n) is 2.76. The van der Waals surface area contributed by atoms with Crippen molar-refractivity contribution in [2.75, 3.05) is 43.1 Å². The smallest absolute Gasteiger partial charge is 0.395 e. The fraction of sp³-hybridized carbons (Fsp3) is 0.615. The number of aromatic nitrogens is 1. The second-order valence-corrected chi connectivity index (χ2v) is 4.46. The molecule has 1 aromatic heterocycles. The fourth-order valence-electron chi connectivity index (χ4n) is 1.77. The second-order valence-electron chi connectivity index (χ2n) is 4.46. The van der Waals surface area contributed by atoms with E-state index in [1.165, 1.54) is 4.90 Å². The maximum atomic E-state index is 12.9. The zero-order valence-corrected chi connectivity index (χ0v) is 11.8. The third-order valence-corrected chi connectivity index (χ3v) is 2.76. The molecule has 0 aliphatic heterocycles. The van der Waals surface area contributed by atoms with Gasteiger partial charge in [-0.3, -0.25) is 0 Å². The van der Waals surface area contributed by atoms with Gasteiger partial charge in [0.05, 0.1) is 18.8 Å². The summed E-state index contributed by atoms with van der Waals surface area (Å²) in [5, 5.41) is 20.8. The number of pyridine rings is 1. The molecule has 0 bridgehead atoms. The summed E-state index contributed by atoms with van der Waals surface area (Å²) < 4.78 is 38.8. The Labute approximate surface area is 121 Å². The van der Waals surface area contributed by atoms with Crippen molar-refractivity contribution in [1.82, 2.24) is 4.98 Å². The lowest BCUT2D eigenvalue weighted by molar-refractivity contribution is -0.137. The first kappa shape index (κ1) is 17.5. The van der Waals surface area contributed by atoms with Crippen LogP contribution in [0.3, 0.4) is 0 Å². The molecular weight excluding hydrogens is 287 g/mol. The van der Waals surface area contributed by atoms with Crippen LogP contribution >= 0.6 is 0 Å². The molecule has 0 saturated heterocycles. The molecule has 0 atom stereocenters. The predicted octanol–water partition coefficient (Wildman–Crippen LogP) is 1.71. The van der Waals surface area contributed by atoms with Gasteiger partial charge in [0.25, 0.3) is 0 Å². The average Bonchev–Trinajstić information content (AvgIpc) is 2.43. The van der Waals surface area contributed by atoms with Crippen LogP contribution < -0.4 is 10.2 Å². The zero-order valence-electron chi connectivity index (χ0n) is 11.8. The highest BCUT2D eigenvalue weighted by atomic mass is 19.4. The summed E-state index contributed by atoms with van der Waals surface area (Å²) in [5.74, 6) is 0.203. The van der Waals surface area contributed by atoms with E-state index in [2.05, 4.69) is 10.3 Å². The van der Waals surface area contributed by atoms with E-state index >= 15 is 0 Å². The van der Waals surface area contributed by atoms with Crippen LogP contribution in [0.5, 0.6) is 0 Å². The number of aliphatic hydroxyl groups excluding tert-OH is 2. The molecule has 0 aliphatic carbocycles. The van der Waals surface area contributed by atoms with E-state index in [1.807, 2.05) is 6.92 Å². The van der Waals surface area contributed by atoms with Gasteiger partial charge in [-0.2, -0.15) is 13.2 Å². The molecule has 0 fully saturated rings. The number of nitrogens with one attached hydrogen (secondary N) is 1. The number of nitrogens with zero attached hydrogens (tertiary/aromatic N) is 2. The van der Waals surface area contributed by atoms with E-state index in [-0.39, 0.29) is 37.9 Å². The van der Waals surface area contributed by atoms with Crippen LogP contribution in [0.4, 0.5) is 24.8 Å². The fourth-order valence-corrected chi connectivity index (χ4v) is 1.77. The van der Waals surface area contributed by atoms with E-state index < -0.39 is 11.7 Å². The minimum absolute atomic E-state index is 0.0755. The van der Waals surface area contributed by atoms with Crippen LogP contribution in [0.1, 0.15) is 18.9 Å². The van der Waals surface area contributed by atoms with Crippen molar-refractivity contribution < 1.29 is 23.4 Å². The van der Waals surface area contributed by atoms with Gasteiger partial charge in [0, 0.05) is 19.6 Å². The summed E-state index contributed by atoms with van der Waals surface area (Å²) in [6, 6.07) is 1.87. The van der Waals surface area contributed by atoms with Gasteiger partial charge in [0.2, 0.25) is 0 Å². The lowest BCUT2D eigenvalue weighted by Gasteiger charge is -2.23. The number of rotatable bonds is 8. The lowest BCUT2D eigenvalue weighted by Crippen LogP contribution is -2.31. The molecule has 120 valence electrons. The Morgan fingerprint density at radius 2 is 1.81 bits per heavy atom. The van der Waals surface area contributed by atoms with E-state index in [9.17, 15) is 13.2 Å². The SMILES string of the molecule is CCCNc1cc(C(F)(F)F)cc(N(CCO)CCO)n1. The molecule has 1 heterocycles. The largest absolute Gasteiger partial charge is 0.416 e. The van der Waals surface area contributed by atoms with Gasteiger partial charge in [-0.05, 0) is 18.6 Å². The van der Waals surface area contributed by atoms with Gasteiger partial charge >= 0.3 is 6.18 Å². The molecule has 21 heavy (non-hydrogen) atoms. The normalized spacial score (nSPS) is 11.5. The molecule has 1 aromatic rings. The number of halogens is 3. The second kappa shape index (κ2) is 8.04. The highest BCUT2D eigenvalue weighted by Crippen LogP contribution is 2.32. The molecule has 1 rings (SSSR count). The van der Waals surface area contributed by atoms with E-state index in [0.29, 0.717) is 6.54 Å². The molecule has 0 saturated carbocycles. The van der Waals surface area contributed by atoms with E-state index in [1.54, 1.807) is 0 Å². The minimum Gasteiger partial charge on any atom is -0.395 e. The van der Waals surface area contributed by atoms with Crippen LogP contribution in [-0.2, 0) is 6.18 Å². The third kappa shape index (κ3) is 5.39. The Hall–Kier alpha value is -1.54. The topological polar surface area (TPSA) is 68.6 Å². The Bertz CT molecular complexity index is 435. The van der Waals surface area contributed by atoms with Gasteiger partial charge < -0.3 is 20.4 Å². The van der Waals surface area contributed by atoms with Gasteiger partial charge in [-0.15, -0.1) is 0 Å². The molecule has 0 aromatic carbocycles. The molecule has 0 aliphatic rings. The summed E-state index contributed by atoms with van der Waals surface area (Å²) in [7, 11) is 0. The van der Waals surface area contributed by atoms with Crippen LogP contribution in [0.2, 0.25) is 0 Å². The standard InChI is InChI=1S/C13H20F3N3O2/c1-2-3-17-11-8-10(13(14,15)16)9-12(18-11)19(4-6-20)5-7-21/h8-9,20-21H,2-7H2,1H3,(H,17,18). The van der Waals surface area contributed by atoms with Gasteiger partial charge in [0.1, 0.15) is 11.6 Å². The van der Waals surface area contributed by atoms with Crippen molar-refractivity contribution in [3.63, 3.8) is 0 Å². The van der Waals surface area contributed by atoms with Gasteiger partial charge in [-0.1, -0.05) is 6.92 Å². The van der Waals surface area contributed by atoms with Crippen molar-refractivity contribution in [3.05, 3.63) is 17.7 Å². The van der Waals surface area contributed by atoms with Gasteiger partial charge in [0.15, 0.2) is 0 Å². The minimum atomic E-state index is -4.48. The van der Waals surface area contributed by atoms with E-state index in [4.69, 9.17) is 10.2 Å². The van der Waals surface area contributed by atoms with Crippen molar-refractivity contribution in [2.24, 2.45) is 0 Å². The number of hydrogen-bond donors (Lipinski definition) is 3. The predicted molar refractivity (Wildman–Crippen MR) is 74.4 cm³/mol. The molecule has 8 heteroatoms. The average molecular weight is 307 g/mol. The summed E-state index contributed by atoms with van der Waals surface area (Å²) in [5.41, 5.74) is -0.813. The Balaban J connectivity index is 3.15. The first-order chi connectivity index (χ1) is 9.92. The number of hydrogen-bond acceptors (Lipinski definition) is 5. The maximum Gasteiger partial charge on any atom is 0.416 e. The van der Waals surface area contributed by atoms with Crippen LogP contribution in [0, 0.1) is 0 Å². The Morgan fingerprint density at radius 1 is 1.19 bits per heavy atom. The zero-order chi connectivity index (χ0) is 15.9. The lowest BCUT2D eigenvalue weighted by atomic mass is 10.2. The molecule has 0 unspecified atom stereocenters. The molecule has 0 amide bonds. The highest BCUT2D eigenvalue weighted by Gasteiger charge is 2.32. The molecule has 5 nitrogen and oxygen atoms in total. The van der Waals surface area contributed by atoms with Crippen LogP contribution in [-0.4, -0.2) is 48.0 Å². The Kier molecular flexibility index (Phi) is 6.70. The Morgan fingerprint density at radius 3 is 2.29 bits per heavy atom. The summed E-state index contributed by atoms with van der Waals surface area (Å²) >= 11 is 0. The van der Waals surface area contributed by atoms with Gasteiger partial charge in [-0.25, -0.2) is 4.98 Å². The molecular formula is C13H20F3N3O2. The summed E-state index contributed by atoms with van der Waals surface area (Å²) in [6.45, 7) is 2.12. The quantitative estimate of drug-likeness (QED) is 0.682. The number of anilines is 2. The molecule has 0 radical (unpaired) electrons. The first-order valence-corrected chi connectivity index (χ1v) is 6.72. The first-order valence-electron chi connectivity index (χ1n) is 6.72. The van der Waals surface area contributed by atoms with Crippen LogP contribution in [0.15, 0.2) is 12.1 Å². The monoisotopic (exact) mass is 307 g/mol. The van der Waals surface area contributed by atoms with Crippen LogP contribution in [0.25, 0.3) is 0 Å². The van der Waals surface area contributed by atoms with Crippen molar-refractivity contribution in [2.45, 2.75) is 19.5 Å².